The van der Waals surface area contributed by atoms with Crippen LogP contribution < -0.4 is 10.5 Å². The van der Waals surface area contributed by atoms with Crippen molar-refractivity contribution in [1.29, 1.82) is 0 Å². The number of rotatable bonds is 4. The van der Waals surface area contributed by atoms with E-state index >= 15 is 0 Å². The topological polar surface area (TPSA) is 77.4 Å². The summed E-state index contributed by atoms with van der Waals surface area (Å²) < 4.78 is 37.4. The fourth-order valence-electron chi connectivity index (χ4n) is 1.55. The number of aromatic carboxylic acids is 1. The number of anilines is 1. The van der Waals surface area contributed by atoms with Crippen molar-refractivity contribution < 1.29 is 23.1 Å². The number of carbonyl (C=O) groups excluding carboxylic acids is 1. The maximum absolute atomic E-state index is 12.5. The average molecular weight is 343 g/mol. The molecule has 9 heteroatoms. The lowest BCUT2D eigenvalue weighted by Crippen LogP contribution is -2.21. The second-order valence-electron chi connectivity index (χ2n) is 4.33. The Morgan fingerprint density at radius 2 is 1.96 bits per heavy atom. The smallest absolute Gasteiger partial charge is 0.417 e. The van der Waals surface area contributed by atoms with E-state index in [-0.39, 0.29) is 16.4 Å². The molecule has 23 heavy (non-hydrogen) atoms. The molecule has 0 bridgehead atoms. The van der Waals surface area contributed by atoms with Crippen LogP contribution in [0.5, 0.6) is 0 Å². The van der Waals surface area contributed by atoms with E-state index in [4.69, 9.17) is 11.6 Å². The van der Waals surface area contributed by atoms with Gasteiger partial charge in [-0.1, -0.05) is 35.9 Å². The zero-order valence-corrected chi connectivity index (χ0v) is 12.0. The van der Waals surface area contributed by atoms with Crippen molar-refractivity contribution in [3.8, 4) is 0 Å². The number of hydrazone groups is 1. The predicted molar refractivity (Wildman–Crippen MR) is 76.2 cm³/mol. The number of alkyl halides is 3. The van der Waals surface area contributed by atoms with Crippen molar-refractivity contribution in [1.82, 2.24) is 4.98 Å². The van der Waals surface area contributed by atoms with Crippen molar-refractivity contribution in [2.24, 2.45) is 5.10 Å². The van der Waals surface area contributed by atoms with Crippen molar-refractivity contribution in [3.63, 3.8) is 0 Å². The molecule has 0 aliphatic rings. The number of carboxylic acid groups (broad SMARTS) is 1. The van der Waals surface area contributed by atoms with Crippen molar-refractivity contribution in [2.45, 2.75) is 6.18 Å². The van der Waals surface area contributed by atoms with Gasteiger partial charge >= 0.3 is 6.18 Å². The minimum Gasteiger partial charge on any atom is -0.545 e. The third-order valence-corrected chi connectivity index (χ3v) is 2.99. The van der Waals surface area contributed by atoms with Gasteiger partial charge in [0.15, 0.2) is 5.82 Å². The third-order valence-electron chi connectivity index (χ3n) is 2.70. The minimum absolute atomic E-state index is 0.0163. The summed E-state index contributed by atoms with van der Waals surface area (Å²) in [6.07, 6.45) is -2.56. The van der Waals surface area contributed by atoms with Crippen LogP contribution in [0.1, 0.15) is 21.5 Å². The molecule has 1 heterocycles. The molecule has 0 saturated carbocycles. The van der Waals surface area contributed by atoms with Crippen molar-refractivity contribution in [3.05, 3.63) is 58.2 Å². The predicted octanol–water partition coefficient (Wildman–Crippen LogP) is 2.56. The summed E-state index contributed by atoms with van der Waals surface area (Å²) in [6, 6.07) is 6.37. The fourth-order valence-corrected chi connectivity index (χ4v) is 1.76. The summed E-state index contributed by atoms with van der Waals surface area (Å²) in [5.74, 6) is -1.34. The normalized spacial score (nSPS) is 11.7. The molecule has 1 N–H and O–H groups in total. The lowest BCUT2D eigenvalue weighted by atomic mass is 10.1. The van der Waals surface area contributed by atoms with E-state index in [1.54, 1.807) is 0 Å². The number of nitrogens with one attached hydrogen (secondary N) is 1. The Balaban J connectivity index is 2.07. The van der Waals surface area contributed by atoms with Gasteiger partial charge in [-0.25, -0.2) is 4.98 Å². The van der Waals surface area contributed by atoms with Gasteiger partial charge in [0.25, 0.3) is 0 Å². The number of carbonyl (C=O) groups is 1. The van der Waals surface area contributed by atoms with Crippen LogP contribution in [0.2, 0.25) is 5.02 Å². The van der Waals surface area contributed by atoms with Crippen LogP contribution in [0.4, 0.5) is 19.0 Å². The first-order chi connectivity index (χ1) is 10.8. The molecular formula is C14H8ClF3N3O2-. The standard InChI is InChI=1S/C14H9ClF3N3O2/c15-11-5-10(14(16,17)18)7-19-12(11)21-20-6-8-1-3-9(4-2-8)13(22)23/h1-7H,(H,19,21)(H,22,23)/p-1/b20-6-. The second-order valence-corrected chi connectivity index (χ2v) is 4.74. The largest absolute Gasteiger partial charge is 0.545 e. The maximum Gasteiger partial charge on any atom is 0.417 e. The van der Waals surface area contributed by atoms with Gasteiger partial charge < -0.3 is 9.90 Å². The van der Waals surface area contributed by atoms with Crippen molar-refractivity contribution >= 4 is 29.6 Å². The number of carboxylic acids is 1. The Morgan fingerprint density at radius 1 is 1.30 bits per heavy atom. The highest BCUT2D eigenvalue weighted by Gasteiger charge is 2.31. The first kappa shape index (κ1) is 16.8. The van der Waals surface area contributed by atoms with Crippen LogP contribution in [0.25, 0.3) is 0 Å². The Morgan fingerprint density at radius 3 is 2.48 bits per heavy atom. The summed E-state index contributed by atoms with van der Waals surface area (Å²) in [5.41, 5.74) is 2.02. The number of aromatic nitrogens is 1. The highest BCUT2D eigenvalue weighted by atomic mass is 35.5. The fraction of sp³-hybridized carbons (Fsp3) is 0.0714. The first-order valence-electron chi connectivity index (χ1n) is 6.10. The van der Waals surface area contributed by atoms with Gasteiger partial charge in [-0.2, -0.15) is 18.3 Å². The molecule has 120 valence electrons. The average Bonchev–Trinajstić information content (AvgIpc) is 2.48. The van der Waals surface area contributed by atoms with Gasteiger partial charge in [0.1, 0.15) is 0 Å². The Bertz CT molecular complexity index is 746. The lowest BCUT2D eigenvalue weighted by molar-refractivity contribution is -0.255. The lowest BCUT2D eigenvalue weighted by Gasteiger charge is -2.08. The number of hydrogen-bond donors (Lipinski definition) is 1. The molecule has 0 unspecified atom stereocenters. The number of halogens is 4. The van der Waals surface area contributed by atoms with E-state index in [1.807, 2.05) is 0 Å². The molecular weight excluding hydrogens is 335 g/mol. The molecule has 1 aromatic carbocycles. The number of pyridine rings is 1. The van der Waals surface area contributed by atoms with Crippen LogP contribution in [0, 0.1) is 0 Å². The van der Waals surface area contributed by atoms with Crippen LogP contribution in [-0.2, 0) is 6.18 Å². The van der Waals surface area contributed by atoms with E-state index in [1.165, 1.54) is 30.5 Å². The van der Waals surface area contributed by atoms with Crippen LogP contribution >= 0.6 is 11.6 Å². The van der Waals surface area contributed by atoms with Gasteiger partial charge in [0, 0.05) is 6.20 Å². The Hall–Kier alpha value is -2.61. The van der Waals surface area contributed by atoms with Crippen molar-refractivity contribution in [2.75, 3.05) is 5.43 Å². The molecule has 0 spiro atoms. The summed E-state index contributed by atoms with van der Waals surface area (Å²) in [5, 5.41) is 14.1. The SMILES string of the molecule is O=C([O-])c1ccc(/C=N\Nc2ncc(C(F)(F)F)cc2Cl)cc1. The van der Waals surface area contributed by atoms with E-state index in [0.29, 0.717) is 11.8 Å². The zero-order valence-electron chi connectivity index (χ0n) is 11.3. The molecule has 0 amide bonds. The van der Waals surface area contributed by atoms with Gasteiger partial charge in [-0.15, -0.1) is 0 Å². The quantitative estimate of drug-likeness (QED) is 0.684. The van der Waals surface area contributed by atoms with E-state index in [2.05, 4.69) is 15.5 Å². The summed E-state index contributed by atoms with van der Waals surface area (Å²) in [6.45, 7) is 0. The number of nitrogens with zero attached hydrogens (tertiary/aromatic N) is 2. The van der Waals surface area contributed by atoms with Crippen LogP contribution in [-0.4, -0.2) is 17.2 Å². The Labute approximate surface area is 133 Å². The summed E-state index contributed by atoms with van der Waals surface area (Å²) in [4.78, 5) is 14.1. The summed E-state index contributed by atoms with van der Waals surface area (Å²) >= 11 is 5.70. The van der Waals surface area contributed by atoms with Gasteiger partial charge in [-0.05, 0) is 17.2 Å². The highest BCUT2D eigenvalue weighted by molar-refractivity contribution is 6.32. The molecule has 2 rings (SSSR count). The first-order valence-corrected chi connectivity index (χ1v) is 6.48. The number of benzene rings is 1. The maximum atomic E-state index is 12.5. The third kappa shape index (κ3) is 4.43. The molecule has 5 nitrogen and oxygen atoms in total. The molecule has 0 aliphatic heterocycles. The number of hydrogen-bond acceptors (Lipinski definition) is 5. The zero-order chi connectivity index (χ0) is 17.0. The molecule has 2 aromatic rings. The highest BCUT2D eigenvalue weighted by Crippen LogP contribution is 2.32. The Kier molecular flexibility index (Phi) is 4.85. The molecule has 1 aromatic heterocycles. The second kappa shape index (κ2) is 6.66. The molecule has 0 saturated heterocycles. The molecule has 0 fully saturated rings. The van der Waals surface area contributed by atoms with Gasteiger partial charge in [-0.3, -0.25) is 5.43 Å². The van der Waals surface area contributed by atoms with E-state index < -0.39 is 17.7 Å². The van der Waals surface area contributed by atoms with E-state index in [0.717, 1.165) is 6.07 Å². The van der Waals surface area contributed by atoms with Crippen LogP contribution in [0.3, 0.4) is 0 Å². The van der Waals surface area contributed by atoms with E-state index in [9.17, 15) is 23.1 Å². The molecule has 0 radical (unpaired) electrons. The molecule has 0 atom stereocenters. The van der Waals surface area contributed by atoms with Gasteiger partial charge in [0.05, 0.1) is 22.8 Å². The summed E-state index contributed by atoms with van der Waals surface area (Å²) in [7, 11) is 0. The van der Waals surface area contributed by atoms with Crippen LogP contribution in [0.15, 0.2) is 41.6 Å². The monoisotopic (exact) mass is 342 g/mol. The van der Waals surface area contributed by atoms with Gasteiger partial charge in [0.2, 0.25) is 0 Å². The minimum atomic E-state index is -4.53. The molecule has 0 aliphatic carbocycles.